The zero-order valence-electron chi connectivity index (χ0n) is 10.3. The van der Waals surface area contributed by atoms with Crippen LogP contribution in [0.2, 0.25) is 0 Å². The number of hydrogen-bond donors (Lipinski definition) is 0. The number of esters is 1. The van der Waals surface area contributed by atoms with E-state index in [2.05, 4.69) is 6.92 Å². The summed E-state index contributed by atoms with van der Waals surface area (Å²) in [5.74, 6) is 5.33. The minimum Gasteiger partial charge on any atom is -0.466 e. The normalized spacial score (nSPS) is 49.4. The molecule has 3 saturated carbocycles. The summed E-state index contributed by atoms with van der Waals surface area (Å²) >= 11 is 0. The Labute approximate surface area is 97.7 Å². The van der Waals surface area contributed by atoms with Gasteiger partial charge in [0.1, 0.15) is 0 Å². The Morgan fingerprint density at radius 3 is 2.62 bits per heavy atom. The molecule has 0 aromatic heterocycles. The van der Waals surface area contributed by atoms with Crippen molar-refractivity contribution in [1.82, 2.24) is 0 Å². The number of rotatable bonds is 2. The Bertz CT molecular complexity index is 299. The van der Waals surface area contributed by atoms with Crippen molar-refractivity contribution in [3.05, 3.63) is 0 Å². The van der Waals surface area contributed by atoms with Gasteiger partial charge in [0.05, 0.1) is 6.61 Å². The standard InChI is InChI=1S/C14H22O2/c1-8-3-12-10-5-11(7-16-9(2)15)13(6-10)14(12)4-8/h8,10-14H,3-7H2,1-2H3. The molecule has 0 aromatic carbocycles. The van der Waals surface area contributed by atoms with Gasteiger partial charge >= 0.3 is 5.97 Å². The summed E-state index contributed by atoms with van der Waals surface area (Å²) in [5.41, 5.74) is 0. The number of fused-ring (bicyclic) bond motifs is 5. The molecule has 0 amide bonds. The first-order valence-electron chi connectivity index (χ1n) is 6.78. The van der Waals surface area contributed by atoms with E-state index in [1.54, 1.807) is 0 Å². The highest BCUT2D eigenvalue weighted by Crippen LogP contribution is 2.62. The first-order valence-corrected chi connectivity index (χ1v) is 6.78. The largest absolute Gasteiger partial charge is 0.466 e. The summed E-state index contributed by atoms with van der Waals surface area (Å²) in [5, 5.41) is 0. The van der Waals surface area contributed by atoms with Crippen molar-refractivity contribution in [1.29, 1.82) is 0 Å². The van der Waals surface area contributed by atoms with E-state index in [0.29, 0.717) is 12.5 Å². The average molecular weight is 222 g/mol. The topological polar surface area (TPSA) is 26.3 Å². The van der Waals surface area contributed by atoms with Crippen molar-refractivity contribution in [2.24, 2.45) is 35.5 Å². The molecule has 6 atom stereocenters. The first-order chi connectivity index (χ1) is 7.65. The van der Waals surface area contributed by atoms with Crippen molar-refractivity contribution in [3.63, 3.8) is 0 Å². The predicted octanol–water partition coefficient (Wildman–Crippen LogP) is 2.87. The molecule has 3 rings (SSSR count). The summed E-state index contributed by atoms with van der Waals surface area (Å²) in [7, 11) is 0. The third-order valence-electron chi connectivity index (χ3n) is 5.34. The maximum Gasteiger partial charge on any atom is 0.302 e. The molecule has 2 heteroatoms. The molecular weight excluding hydrogens is 200 g/mol. The second-order valence-corrected chi connectivity index (χ2v) is 6.36. The molecule has 0 N–H and O–H groups in total. The predicted molar refractivity (Wildman–Crippen MR) is 61.7 cm³/mol. The zero-order valence-corrected chi connectivity index (χ0v) is 10.3. The molecule has 90 valence electrons. The van der Waals surface area contributed by atoms with Crippen LogP contribution in [0.25, 0.3) is 0 Å². The molecule has 3 aliphatic rings. The molecule has 0 saturated heterocycles. The van der Waals surface area contributed by atoms with Crippen LogP contribution in [0.4, 0.5) is 0 Å². The molecule has 0 aromatic rings. The highest BCUT2D eigenvalue weighted by atomic mass is 16.5. The summed E-state index contributed by atoms with van der Waals surface area (Å²) in [6, 6.07) is 0. The number of ether oxygens (including phenoxy) is 1. The minimum atomic E-state index is -0.112. The highest BCUT2D eigenvalue weighted by Gasteiger charge is 2.55. The lowest BCUT2D eigenvalue weighted by molar-refractivity contribution is -0.143. The lowest BCUT2D eigenvalue weighted by Gasteiger charge is -2.31. The third kappa shape index (κ3) is 1.57. The van der Waals surface area contributed by atoms with Gasteiger partial charge in [0.2, 0.25) is 0 Å². The Hall–Kier alpha value is -0.530. The second kappa shape index (κ2) is 3.75. The van der Waals surface area contributed by atoms with Crippen molar-refractivity contribution in [3.8, 4) is 0 Å². The molecule has 2 bridgehead atoms. The van der Waals surface area contributed by atoms with E-state index in [9.17, 15) is 4.79 Å². The highest BCUT2D eigenvalue weighted by molar-refractivity contribution is 5.65. The van der Waals surface area contributed by atoms with E-state index >= 15 is 0 Å². The van der Waals surface area contributed by atoms with Crippen LogP contribution in [0.3, 0.4) is 0 Å². The van der Waals surface area contributed by atoms with Crippen LogP contribution in [0.5, 0.6) is 0 Å². The molecule has 16 heavy (non-hydrogen) atoms. The van der Waals surface area contributed by atoms with Gasteiger partial charge in [-0.3, -0.25) is 4.79 Å². The summed E-state index contributed by atoms with van der Waals surface area (Å²) < 4.78 is 5.21. The Balaban J connectivity index is 1.64. The zero-order chi connectivity index (χ0) is 11.3. The lowest BCUT2D eigenvalue weighted by Crippen LogP contribution is -2.27. The molecule has 3 fully saturated rings. The van der Waals surface area contributed by atoms with E-state index < -0.39 is 0 Å². The van der Waals surface area contributed by atoms with Gasteiger partial charge in [-0.25, -0.2) is 0 Å². The van der Waals surface area contributed by atoms with Gasteiger partial charge in [0.15, 0.2) is 0 Å². The van der Waals surface area contributed by atoms with Gasteiger partial charge in [-0.15, -0.1) is 0 Å². The molecule has 0 heterocycles. The van der Waals surface area contributed by atoms with Gasteiger partial charge in [0.25, 0.3) is 0 Å². The minimum absolute atomic E-state index is 0.112. The molecule has 0 radical (unpaired) electrons. The van der Waals surface area contributed by atoms with Crippen molar-refractivity contribution in [2.75, 3.05) is 6.61 Å². The molecule has 3 aliphatic carbocycles. The van der Waals surface area contributed by atoms with E-state index in [1.807, 2.05) is 0 Å². The maximum atomic E-state index is 10.9. The number of carbonyl (C=O) groups is 1. The third-order valence-corrected chi connectivity index (χ3v) is 5.34. The van der Waals surface area contributed by atoms with Gasteiger partial charge in [-0.2, -0.15) is 0 Å². The van der Waals surface area contributed by atoms with Crippen LogP contribution in [0, 0.1) is 35.5 Å². The fourth-order valence-electron chi connectivity index (χ4n) is 4.90. The van der Waals surface area contributed by atoms with Crippen LogP contribution >= 0.6 is 0 Å². The fraction of sp³-hybridized carbons (Fsp3) is 0.929. The van der Waals surface area contributed by atoms with Crippen LogP contribution in [0.15, 0.2) is 0 Å². The molecule has 0 spiro atoms. The number of carbonyl (C=O) groups excluding carboxylic acids is 1. The first kappa shape index (κ1) is 10.6. The van der Waals surface area contributed by atoms with Crippen LogP contribution in [0.1, 0.15) is 39.5 Å². The SMILES string of the molecule is CC(=O)OCC1CC2CC1C1CC(C)CC21. The Morgan fingerprint density at radius 1 is 1.12 bits per heavy atom. The summed E-state index contributed by atoms with van der Waals surface area (Å²) in [6.07, 6.45) is 5.65. The monoisotopic (exact) mass is 222 g/mol. The smallest absolute Gasteiger partial charge is 0.302 e. The summed E-state index contributed by atoms with van der Waals surface area (Å²) in [4.78, 5) is 10.9. The van der Waals surface area contributed by atoms with Crippen molar-refractivity contribution in [2.45, 2.75) is 39.5 Å². The molecular formula is C14H22O2. The van der Waals surface area contributed by atoms with E-state index in [-0.39, 0.29) is 5.97 Å². The van der Waals surface area contributed by atoms with Gasteiger partial charge in [0, 0.05) is 6.92 Å². The van der Waals surface area contributed by atoms with Crippen molar-refractivity contribution >= 4 is 5.97 Å². The van der Waals surface area contributed by atoms with Crippen LogP contribution in [-0.4, -0.2) is 12.6 Å². The Morgan fingerprint density at radius 2 is 1.88 bits per heavy atom. The summed E-state index contributed by atoms with van der Waals surface area (Å²) in [6.45, 7) is 4.61. The average Bonchev–Trinajstić information content (AvgIpc) is 2.83. The van der Waals surface area contributed by atoms with E-state index in [1.165, 1.54) is 32.6 Å². The van der Waals surface area contributed by atoms with Gasteiger partial charge in [-0.05, 0) is 61.2 Å². The maximum absolute atomic E-state index is 10.9. The van der Waals surface area contributed by atoms with Gasteiger partial charge in [-0.1, -0.05) is 6.92 Å². The van der Waals surface area contributed by atoms with Crippen LogP contribution in [-0.2, 0) is 9.53 Å². The van der Waals surface area contributed by atoms with E-state index in [4.69, 9.17) is 4.74 Å². The fourth-order valence-corrected chi connectivity index (χ4v) is 4.90. The second-order valence-electron chi connectivity index (χ2n) is 6.36. The van der Waals surface area contributed by atoms with E-state index in [0.717, 1.165) is 29.6 Å². The van der Waals surface area contributed by atoms with Crippen LogP contribution < -0.4 is 0 Å². The Kier molecular flexibility index (Phi) is 2.49. The molecule has 2 nitrogen and oxygen atoms in total. The number of hydrogen-bond acceptors (Lipinski definition) is 2. The lowest BCUT2D eigenvalue weighted by atomic mass is 9.76. The molecule has 0 aliphatic heterocycles. The molecule has 6 unspecified atom stereocenters. The quantitative estimate of drug-likeness (QED) is 0.672. The van der Waals surface area contributed by atoms with Crippen molar-refractivity contribution < 1.29 is 9.53 Å². The van der Waals surface area contributed by atoms with Gasteiger partial charge < -0.3 is 4.74 Å².